The van der Waals surface area contributed by atoms with Crippen LogP contribution in [0.5, 0.6) is 5.75 Å². The fourth-order valence-corrected chi connectivity index (χ4v) is 3.78. The molecule has 0 spiro atoms. The minimum atomic E-state index is -0.316. The molecule has 0 amide bonds. The van der Waals surface area contributed by atoms with Gasteiger partial charge >= 0.3 is 5.63 Å². The minimum absolute atomic E-state index is 0.316. The highest BCUT2D eigenvalue weighted by atomic mass is 35.5. The number of ether oxygens (including phenoxy) is 1. The van der Waals surface area contributed by atoms with Crippen molar-refractivity contribution in [1.82, 2.24) is 0 Å². The molecule has 0 saturated carbocycles. The minimum Gasteiger partial charge on any atom is -0.471 e. The van der Waals surface area contributed by atoms with Crippen LogP contribution in [0.4, 0.5) is 5.69 Å². The van der Waals surface area contributed by atoms with Gasteiger partial charge in [0.2, 0.25) is 0 Å². The normalized spacial score (nSPS) is 13.7. The van der Waals surface area contributed by atoms with Gasteiger partial charge in [-0.2, -0.15) is 0 Å². The van der Waals surface area contributed by atoms with Crippen LogP contribution in [-0.4, -0.2) is 6.73 Å². The van der Waals surface area contributed by atoms with Crippen LogP contribution in [0.2, 0.25) is 5.02 Å². The largest absolute Gasteiger partial charge is 0.471 e. The molecule has 0 atom stereocenters. The highest BCUT2D eigenvalue weighted by Crippen LogP contribution is 2.41. The summed E-state index contributed by atoms with van der Waals surface area (Å²) in [5.74, 6) is 0.604. The summed E-state index contributed by atoms with van der Waals surface area (Å²) < 4.78 is 11.6. The molecule has 5 heteroatoms. The molecule has 4 nitrogen and oxygen atoms in total. The van der Waals surface area contributed by atoms with Crippen molar-refractivity contribution in [1.29, 1.82) is 0 Å². The number of anilines is 1. The molecule has 0 N–H and O–H groups in total. The van der Waals surface area contributed by atoms with Gasteiger partial charge in [-0.1, -0.05) is 23.7 Å². The lowest BCUT2D eigenvalue weighted by Gasteiger charge is -2.33. The number of halogens is 1. The third-order valence-corrected chi connectivity index (χ3v) is 5.66. The molecule has 0 radical (unpaired) electrons. The van der Waals surface area contributed by atoms with E-state index in [-0.39, 0.29) is 5.63 Å². The van der Waals surface area contributed by atoms with Crippen molar-refractivity contribution in [2.75, 3.05) is 11.6 Å². The second-order valence-electron chi connectivity index (χ2n) is 6.87. The van der Waals surface area contributed by atoms with Gasteiger partial charge in [0.25, 0.3) is 0 Å². The van der Waals surface area contributed by atoms with Crippen molar-refractivity contribution >= 4 is 28.3 Å². The summed E-state index contributed by atoms with van der Waals surface area (Å²) >= 11 is 6.47. The number of hydrogen-bond acceptors (Lipinski definition) is 4. The molecule has 2 aromatic carbocycles. The molecular weight excluding hydrogens is 350 g/mol. The van der Waals surface area contributed by atoms with Crippen LogP contribution in [0.1, 0.15) is 27.8 Å². The zero-order valence-corrected chi connectivity index (χ0v) is 16.0. The van der Waals surface area contributed by atoms with E-state index in [0.29, 0.717) is 35.2 Å². The second-order valence-corrected chi connectivity index (χ2v) is 7.28. The second kappa shape index (κ2) is 6.06. The van der Waals surface area contributed by atoms with Gasteiger partial charge in [-0.05, 0) is 56.5 Å². The standard InChI is InChI=1S/C21H20ClNO3/c1-11-6-5-7-18(12(11)2)23-9-16-19-15(8-17(22)20(16)25-10-23)13(3)14(4)21(24)26-19/h5-8H,9-10H2,1-4H3. The lowest BCUT2D eigenvalue weighted by molar-refractivity contribution is 0.289. The van der Waals surface area contributed by atoms with Gasteiger partial charge < -0.3 is 14.1 Å². The van der Waals surface area contributed by atoms with E-state index in [4.69, 9.17) is 20.8 Å². The summed E-state index contributed by atoms with van der Waals surface area (Å²) in [4.78, 5) is 14.4. The Kier molecular flexibility index (Phi) is 3.96. The van der Waals surface area contributed by atoms with Crippen molar-refractivity contribution < 1.29 is 9.15 Å². The maximum absolute atomic E-state index is 12.2. The number of hydrogen-bond donors (Lipinski definition) is 0. The van der Waals surface area contributed by atoms with Crippen LogP contribution < -0.4 is 15.3 Å². The van der Waals surface area contributed by atoms with Gasteiger partial charge in [0.1, 0.15) is 11.3 Å². The molecule has 1 aromatic heterocycles. The fourth-order valence-electron chi connectivity index (χ4n) is 3.50. The van der Waals surface area contributed by atoms with E-state index >= 15 is 0 Å². The van der Waals surface area contributed by atoms with Crippen molar-refractivity contribution in [3.63, 3.8) is 0 Å². The predicted octanol–water partition coefficient (Wildman–Crippen LogP) is 5.04. The fraction of sp³-hybridized carbons (Fsp3) is 0.286. The van der Waals surface area contributed by atoms with Gasteiger partial charge in [0, 0.05) is 16.6 Å². The molecule has 0 fully saturated rings. The van der Waals surface area contributed by atoms with E-state index in [0.717, 1.165) is 22.2 Å². The van der Waals surface area contributed by atoms with Gasteiger partial charge in [0.05, 0.1) is 17.1 Å². The van der Waals surface area contributed by atoms with Crippen LogP contribution >= 0.6 is 11.6 Å². The summed E-state index contributed by atoms with van der Waals surface area (Å²) in [6, 6.07) is 8.04. The van der Waals surface area contributed by atoms with E-state index in [1.165, 1.54) is 11.1 Å². The molecule has 1 aliphatic rings. The summed E-state index contributed by atoms with van der Waals surface area (Å²) in [5, 5.41) is 1.40. The first-order valence-electron chi connectivity index (χ1n) is 8.58. The number of nitrogens with zero attached hydrogens (tertiary/aromatic N) is 1. The van der Waals surface area contributed by atoms with Crippen molar-refractivity contribution in [3.05, 3.63) is 67.5 Å². The number of benzene rings is 2. The van der Waals surface area contributed by atoms with Crippen molar-refractivity contribution in [3.8, 4) is 5.75 Å². The Bertz CT molecular complexity index is 1100. The first-order valence-corrected chi connectivity index (χ1v) is 8.95. The highest BCUT2D eigenvalue weighted by molar-refractivity contribution is 6.33. The number of aryl methyl sites for hydroxylation is 2. The summed E-state index contributed by atoms with van der Waals surface area (Å²) in [6.45, 7) is 8.86. The zero-order chi connectivity index (χ0) is 18.6. The summed E-state index contributed by atoms with van der Waals surface area (Å²) in [6.07, 6.45) is 0. The monoisotopic (exact) mass is 369 g/mol. The molecule has 0 bridgehead atoms. The van der Waals surface area contributed by atoms with Crippen molar-refractivity contribution in [2.24, 2.45) is 0 Å². The first-order chi connectivity index (χ1) is 12.4. The Hall–Kier alpha value is -2.46. The molecule has 4 rings (SSSR count). The maximum atomic E-state index is 12.2. The Morgan fingerprint density at radius 3 is 2.62 bits per heavy atom. The Morgan fingerprint density at radius 1 is 1.08 bits per heavy atom. The van der Waals surface area contributed by atoms with E-state index in [9.17, 15) is 4.79 Å². The Morgan fingerprint density at radius 2 is 1.85 bits per heavy atom. The molecule has 26 heavy (non-hydrogen) atoms. The zero-order valence-electron chi connectivity index (χ0n) is 15.3. The van der Waals surface area contributed by atoms with E-state index in [1.54, 1.807) is 6.92 Å². The van der Waals surface area contributed by atoms with Gasteiger partial charge in [0.15, 0.2) is 6.73 Å². The lowest BCUT2D eigenvalue weighted by Crippen LogP contribution is -2.33. The Balaban J connectivity index is 1.92. The van der Waals surface area contributed by atoms with Gasteiger partial charge in [-0.25, -0.2) is 4.79 Å². The Labute approximate surface area is 156 Å². The number of rotatable bonds is 1. The van der Waals surface area contributed by atoms with Crippen LogP contribution in [-0.2, 0) is 6.54 Å². The van der Waals surface area contributed by atoms with Crippen LogP contribution in [0.15, 0.2) is 33.5 Å². The topological polar surface area (TPSA) is 42.7 Å². The third-order valence-electron chi connectivity index (χ3n) is 5.38. The molecule has 1 aliphatic heterocycles. The van der Waals surface area contributed by atoms with Crippen LogP contribution in [0.25, 0.3) is 11.0 Å². The van der Waals surface area contributed by atoms with E-state index < -0.39 is 0 Å². The molecular formula is C21H20ClNO3. The molecule has 0 saturated heterocycles. The van der Waals surface area contributed by atoms with Crippen molar-refractivity contribution in [2.45, 2.75) is 34.2 Å². The van der Waals surface area contributed by atoms with E-state index in [1.807, 2.05) is 19.1 Å². The molecule has 134 valence electrons. The number of fused-ring (bicyclic) bond motifs is 3. The van der Waals surface area contributed by atoms with Gasteiger partial charge in [-0.15, -0.1) is 0 Å². The molecule has 0 unspecified atom stereocenters. The predicted molar refractivity (Wildman–Crippen MR) is 105 cm³/mol. The van der Waals surface area contributed by atoms with Crippen LogP contribution in [0, 0.1) is 27.7 Å². The lowest BCUT2D eigenvalue weighted by atomic mass is 10.0. The maximum Gasteiger partial charge on any atom is 0.339 e. The summed E-state index contributed by atoms with van der Waals surface area (Å²) in [5.41, 5.74) is 6.11. The highest BCUT2D eigenvalue weighted by Gasteiger charge is 2.26. The molecule has 0 aliphatic carbocycles. The average molecular weight is 370 g/mol. The third kappa shape index (κ3) is 2.48. The SMILES string of the molecule is Cc1cccc(N2COc3c(Cl)cc4c(C)c(C)c(=O)oc4c3C2)c1C. The van der Waals surface area contributed by atoms with Crippen LogP contribution in [0.3, 0.4) is 0 Å². The first kappa shape index (κ1) is 17.0. The quantitative estimate of drug-likeness (QED) is 0.564. The smallest absolute Gasteiger partial charge is 0.339 e. The molecule has 2 heterocycles. The average Bonchev–Trinajstić information content (AvgIpc) is 2.63. The molecule has 3 aromatic rings. The summed E-state index contributed by atoms with van der Waals surface area (Å²) in [7, 11) is 0. The van der Waals surface area contributed by atoms with E-state index in [2.05, 4.69) is 30.9 Å². The van der Waals surface area contributed by atoms with Gasteiger partial charge in [-0.3, -0.25) is 0 Å².